The van der Waals surface area contributed by atoms with Crippen molar-refractivity contribution in [2.24, 2.45) is 5.92 Å². The molecule has 5 heteroatoms. The largest absolute Gasteiger partial charge is 0.335 e. The highest BCUT2D eigenvalue weighted by Crippen LogP contribution is 2.29. The molecular weight excluding hydrogens is 238 g/mol. The van der Waals surface area contributed by atoms with E-state index < -0.39 is 17.7 Å². The number of halogens is 2. The molecule has 1 fully saturated rings. The Morgan fingerprint density at radius 3 is 2.72 bits per heavy atom. The van der Waals surface area contributed by atoms with Crippen molar-refractivity contribution in [2.75, 3.05) is 6.54 Å². The number of aromatic nitrogens is 1. The second-order valence-corrected chi connectivity index (χ2v) is 5.05. The molecule has 0 saturated heterocycles. The summed E-state index contributed by atoms with van der Waals surface area (Å²) < 4.78 is 26.6. The third-order valence-corrected chi connectivity index (χ3v) is 2.89. The lowest BCUT2D eigenvalue weighted by molar-refractivity contribution is 0.0716. The van der Waals surface area contributed by atoms with Crippen LogP contribution in [0.1, 0.15) is 37.0 Å². The van der Waals surface area contributed by atoms with E-state index in [1.165, 1.54) is 6.07 Å². The van der Waals surface area contributed by atoms with Gasteiger partial charge < -0.3 is 4.90 Å². The third-order valence-electron chi connectivity index (χ3n) is 2.89. The van der Waals surface area contributed by atoms with Crippen LogP contribution >= 0.6 is 0 Å². The average molecular weight is 254 g/mol. The van der Waals surface area contributed by atoms with Crippen LogP contribution in [-0.2, 0) is 0 Å². The highest BCUT2D eigenvalue weighted by atomic mass is 19.2. The molecular formula is C13H16F2N2O. The minimum Gasteiger partial charge on any atom is -0.335 e. The highest BCUT2D eigenvalue weighted by molar-refractivity contribution is 5.94. The first-order valence-electron chi connectivity index (χ1n) is 6.11. The summed E-state index contributed by atoms with van der Waals surface area (Å²) in [6.45, 7) is 4.55. The van der Waals surface area contributed by atoms with E-state index >= 15 is 0 Å². The van der Waals surface area contributed by atoms with Crippen LogP contribution in [0.5, 0.6) is 0 Å². The normalized spacial score (nSPS) is 14.9. The van der Waals surface area contributed by atoms with Crippen LogP contribution in [0.25, 0.3) is 0 Å². The van der Waals surface area contributed by atoms with Crippen molar-refractivity contribution >= 4 is 5.91 Å². The summed E-state index contributed by atoms with van der Waals surface area (Å²) in [6.07, 6.45) is 2.99. The second-order valence-electron chi connectivity index (χ2n) is 5.05. The maximum absolute atomic E-state index is 13.5. The maximum atomic E-state index is 13.5. The monoisotopic (exact) mass is 254 g/mol. The predicted octanol–water partition coefficient (Wildman–Crippen LogP) is 2.62. The quantitative estimate of drug-likeness (QED) is 0.774. The first-order chi connectivity index (χ1) is 8.50. The maximum Gasteiger partial charge on any atom is 0.257 e. The van der Waals surface area contributed by atoms with E-state index in [1.54, 1.807) is 4.90 Å². The molecule has 0 bridgehead atoms. The smallest absolute Gasteiger partial charge is 0.257 e. The molecule has 1 saturated carbocycles. The number of hydrogen-bond donors (Lipinski definition) is 0. The van der Waals surface area contributed by atoms with Gasteiger partial charge in [0.2, 0.25) is 5.95 Å². The van der Waals surface area contributed by atoms with Gasteiger partial charge in [-0.2, -0.15) is 4.39 Å². The molecule has 0 aliphatic heterocycles. The zero-order valence-electron chi connectivity index (χ0n) is 10.5. The summed E-state index contributed by atoms with van der Waals surface area (Å²) in [5.74, 6) is -2.52. The Hall–Kier alpha value is -1.52. The lowest BCUT2D eigenvalue weighted by atomic mass is 10.1. The SMILES string of the molecule is CC(C)CN(C(=O)c1ccnc(F)c1F)C1CC1. The molecule has 98 valence electrons. The molecule has 1 aliphatic rings. The van der Waals surface area contributed by atoms with Gasteiger partial charge in [-0.05, 0) is 24.8 Å². The molecule has 1 aromatic rings. The molecule has 3 nitrogen and oxygen atoms in total. The van der Waals surface area contributed by atoms with Crippen molar-refractivity contribution in [3.05, 3.63) is 29.6 Å². The fraction of sp³-hybridized carbons (Fsp3) is 0.538. The van der Waals surface area contributed by atoms with Crippen LogP contribution in [0.3, 0.4) is 0 Å². The summed E-state index contributed by atoms with van der Waals surface area (Å²) in [5, 5.41) is 0. The van der Waals surface area contributed by atoms with Crippen LogP contribution in [0.15, 0.2) is 12.3 Å². The zero-order chi connectivity index (χ0) is 13.3. The Kier molecular flexibility index (Phi) is 3.59. The standard InChI is InChI=1S/C13H16F2N2O/c1-8(2)7-17(9-3-4-9)13(18)10-5-6-16-12(15)11(10)14/h5-6,8-9H,3-4,7H2,1-2H3. The van der Waals surface area contributed by atoms with Crippen LogP contribution in [0, 0.1) is 17.7 Å². The van der Waals surface area contributed by atoms with E-state index in [-0.39, 0.29) is 11.6 Å². The summed E-state index contributed by atoms with van der Waals surface area (Å²) >= 11 is 0. The highest BCUT2D eigenvalue weighted by Gasteiger charge is 2.34. The van der Waals surface area contributed by atoms with Gasteiger partial charge in [-0.1, -0.05) is 13.8 Å². The molecule has 0 atom stereocenters. The van der Waals surface area contributed by atoms with Gasteiger partial charge in [0, 0.05) is 18.8 Å². The van der Waals surface area contributed by atoms with Crippen LogP contribution < -0.4 is 0 Å². The summed E-state index contributed by atoms with van der Waals surface area (Å²) in [5.41, 5.74) is -0.227. The number of carbonyl (C=O) groups excluding carboxylic acids is 1. The molecule has 1 aromatic heterocycles. The molecule has 18 heavy (non-hydrogen) atoms. The van der Waals surface area contributed by atoms with E-state index in [0.717, 1.165) is 19.0 Å². The molecule has 2 rings (SSSR count). The molecule has 0 spiro atoms. The minimum atomic E-state index is -1.22. The lowest BCUT2D eigenvalue weighted by Gasteiger charge is -2.24. The van der Waals surface area contributed by atoms with Crippen molar-refractivity contribution in [3.8, 4) is 0 Å². The first kappa shape index (κ1) is 12.9. The number of rotatable bonds is 4. The van der Waals surface area contributed by atoms with E-state index in [9.17, 15) is 13.6 Å². The number of nitrogens with zero attached hydrogens (tertiary/aromatic N) is 2. The van der Waals surface area contributed by atoms with Crippen molar-refractivity contribution < 1.29 is 13.6 Å². The molecule has 0 N–H and O–H groups in total. The van der Waals surface area contributed by atoms with Crippen molar-refractivity contribution in [1.29, 1.82) is 0 Å². The van der Waals surface area contributed by atoms with Crippen LogP contribution in [0.4, 0.5) is 8.78 Å². The van der Waals surface area contributed by atoms with E-state index in [1.807, 2.05) is 13.8 Å². The van der Waals surface area contributed by atoms with E-state index in [0.29, 0.717) is 12.5 Å². The van der Waals surface area contributed by atoms with Gasteiger partial charge in [0.1, 0.15) is 0 Å². The Morgan fingerprint density at radius 2 is 2.17 bits per heavy atom. The van der Waals surface area contributed by atoms with Gasteiger partial charge in [-0.15, -0.1) is 0 Å². The third kappa shape index (κ3) is 2.66. The number of hydrogen-bond acceptors (Lipinski definition) is 2. The molecule has 0 aromatic carbocycles. The predicted molar refractivity (Wildman–Crippen MR) is 63.0 cm³/mol. The zero-order valence-corrected chi connectivity index (χ0v) is 10.5. The van der Waals surface area contributed by atoms with Gasteiger partial charge in [0.05, 0.1) is 5.56 Å². The second kappa shape index (κ2) is 5.00. The minimum absolute atomic E-state index is 0.176. The number of pyridine rings is 1. The Morgan fingerprint density at radius 1 is 1.50 bits per heavy atom. The average Bonchev–Trinajstić information content (AvgIpc) is 3.12. The topological polar surface area (TPSA) is 33.2 Å². The van der Waals surface area contributed by atoms with Crippen molar-refractivity contribution in [1.82, 2.24) is 9.88 Å². The van der Waals surface area contributed by atoms with Gasteiger partial charge in [-0.25, -0.2) is 9.37 Å². The Labute approximate surface area is 105 Å². The summed E-state index contributed by atoms with van der Waals surface area (Å²) in [6, 6.07) is 1.41. The molecule has 1 aliphatic carbocycles. The Bertz CT molecular complexity index is 458. The van der Waals surface area contributed by atoms with Gasteiger partial charge >= 0.3 is 0 Å². The number of amides is 1. The van der Waals surface area contributed by atoms with E-state index in [2.05, 4.69) is 4.98 Å². The molecule has 0 unspecified atom stereocenters. The lowest BCUT2D eigenvalue weighted by Crippen LogP contribution is -2.36. The number of carbonyl (C=O) groups is 1. The molecule has 1 amide bonds. The van der Waals surface area contributed by atoms with Gasteiger partial charge in [0.25, 0.3) is 5.91 Å². The van der Waals surface area contributed by atoms with Crippen molar-refractivity contribution in [3.63, 3.8) is 0 Å². The van der Waals surface area contributed by atoms with Gasteiger partial charge in [0.15, 0.2) is 5.82 Å². The van der Waals surface area contributed by atoms with Gasteiger partial charge in [-0.3, -0.25) is 4.79 Å². The summed E-state index contributed by atoms with van der Waals surface area (Å²) in [7, 11) is 0. The Balaban J connectivity index is 2.25. The summed E-state index contributed by atoms with van der Waals surface area (Å²) in [4.78, 5) is 17.1. The molecule has 0 radical (unpaired) electrons. The fourth-order valence-electron chi connectivity index (χ4n) is 1.92. The molecule has 1 heterocycles. The van der Waals surface area contributed by atoms with E-state index in [4.69, 9.17) is 0 Å². The fourth-order valence-corrected chi connectivity index (χ4v) is 1.92. The van der Waals surface area contributed by atoms with Crippen LogP contribution in [0.2, 0.25) is 0 Å². The first-order valence-corrected chi connectivity index (χ1v) is 6.11. The van der Waals surface area contributed by atoms with Crippen LogP contribution in [-0.4, -0.2) is 28.4 Å². The van der Waals surface area contributed by atoms with Crippen molar-refractivity contribution in [2.45, 2.75) is 32.7 Å².